The van der Waals surface area contributed by atoms with Crippen molar-refractivity contribution in [1.82, 2.24) is 0 Å². The van der Waals surface area contributed by atoms with Gasteiger partial charge in [-0.2, -0.15) is 0 Å². The standard InChI is InChI=1S/C8H10N2O3/c1-13-7-3-6(10)5(9)2-4(7)8(11)12/h2-3H,9-10H2,1H3,(H,11,12). The molecule has 5 nitrogen and oxygen atoms in total. The summed E-state index contributed by atoms with van der Waals surface area (Å²) in [5, 5.41) is 8.74. The fourth-order valence-corrected chi connectivity index (χ4v) is 0.948. The van der Waals surface area contributed by atoms with Crippen molar-refractivity contribution in [1.29, 1.82) is 0 Å². The van der Waals surface area contributed by atoms with Crippen LogP contribution in [0, 0.1) is 0 Å². The minimum Gasteiger partial charge on any atom is -0.496 e. The molecule has 0 aliphatic carbocycles. The number of hydrogen-bond donors (Lipinski definition) is 3. The van der Waals surface area contributed by atoms with Crippen LogP contribution in [0.25, 0.3) is 0 Å². The lowest BCUT2D eigenvalue weighted by Gasteiger charge is -2.07. The average molecular weight is 182 g/mol. The molecule has 1 aromatic rings. The molecular formula is C8H10N2O3. The molecule has 0 radical (unpaired) electrons. The molecule has 0 fully saturated rings. The van der Waals surface area contributed by atoms with E-state index in [1.165, 1.54) is 19.2 Å². The van der Waals surface area contributed by atoms with E-state index in [2.05, 4.69) is 0 Å². The number of aromatic carboxylic acids is 1. The number of nitrogens with two attached hydrogens (primary N) is 2. The van der Waals surface area contributed by atoms with Crippen molar-refractivity contribution >= 4 is 17.3 Å². The molecule has 0 aliphatic heterocycles. The van der Waals surface area contributed by atoms with E-state index in [-0.39, 0.29) is 17.0 Å². The van der Waals surface area contributed by atoms with Gasteiger partial charge in [0.2, 0.25) is 0 Å². The first-order chi connectivity index (χ1) is 6.06. The van der Waals surface area contributed by atoms with Gasteiger partial charge in [0, 0.05) is 6.07 Å². The van der Waals surface area contributed by atoms with Crippen LogP contribution in [0.3, 0.4) is 0 Å². The molecule has 0 unspecified atom stereocenters. The highest BCUT2D eigenvalue weighted by molar-refractivity contribution is 5.93. The van der Waals surface area contributed by atoms with E-state index in [0.717, 1.165) is 0 Å². The van der Waals surface area contributed by atoms with E-state index in [4.69, 9.17) is 21.3 Å². The number of carboxylic acid groups (broad SMARTS) is 1. The van der Waals surface area contributed by atoms with E-state index < -0.39 is 5.97 Å². The third-order valence-corrected chi connectivity index (χ3v) is 1.64. The molecule has 0 atom stereocenters. The van der Waals surface area contributed by atoms with Crippen LogP contribution in [0.5, 0.6) is 5.75 Å². The Labute approximate surface area is 74.9 Å². The summed E-state index contributed by atoms with van der Waals surface area (Å²) in [6.45, 7) is 0. The topological polar surface area (TPSA) is 98.6 Å². The maximum Gasteiger partial charge on any atom is 0.339 e. The molecule has 0 aromatic heterocycles. The fourth-order valence-electron chi connectivity index (χ4n) is 0.948. The first kappa shape index (κ1) is 9.18. The Morgan fingerprint density at radius 1 is 1.38 bits per heavy atom. The molecule has 0 bridgehead atoms. The molecule has 1 rings (SSSR count). The number of benzene rings is 1. The zero-order valence-corrected chi connectivity index (χ0v) is 7.07. The number of carbonyl (C=O) groups is 1. The van der Waals surface area contributed by atoms with Crippen LogP contribution in [0.1, 0.15) is 10.4 Å². The van der Waals surface area contributed by atoms with Gasteiger partial charge in [-0.05, 0) is 6.07 Å². The summed E-state index contributed by atoms with van der Waals surface area (Å²) < 4.78 is 4.83. The lowest BCUT2D eigenvalue weighted by atomic mass is 10.1. The van der Waals surface area contributed by atoms with E-state index in [9.17, 15) is 4.79 Å². The largest absolute Gasteiger partial charge is 0.496 e. The number of anilines is 2. The van der Waals surface area contributed by atoms with Gasteiger partial charge in [0.25, 0.3) is 0 Å². The number of carboxylic acids is 1. The fraction of sp³-hybridized carbons (Fsp3) is 0.125. The Bertz CT molecular complexity index is 349. The Morgan fingerprint density at radius 2 is 1.92 bits per heavy atom. The summed E-state index contributed by atoms with van der Waals surface area (Å²) in [7, 11) is 1.37. The highest BCUT2D eigenvalue weighted by Gasteiger charge is 2.12. The van der Waals surface area contributed by atoms with E-state index in [1.54, 1.807) is 0 Å². The van der Waals surface area contributed by atoms with Crippen molar-refractivity contribution < 1.29 is 14.6 Å². The molecule has 5 heteroatoms. The molecule has 0 heterocycles. The van der Waals surface area contributed by atoms with Gasteiger partial charge >= 0.3 is 5.97 Å². The highest BCUT2D eigenvalue weighted by Crippen LogP contribution is 2.26. The molecule has 13 heavy (non-hydrogen) atoms. The van der Waals surface area contributed by atoms with E-state index >= 15 is 0 Å². The second-order valence-electron chi connectivity index (χ2n) is 2.49. The highest BCUT2D eigenvalue weighted by atomic mass is 16.5. The van der Waals surface area contributed by atoms with Crippen LogP contribution in [-0.4, -0.2) is 18.2 Å². The summed E-state index contributed by atoms with van der Waals surface area (Å²) in [5.41, 5.74) is 11.5. The molecule has 1 aromatic carbocycles. The van der Waals surface area contributed by atoms with Gasteiger partial charge < -0.3 is 21.3 Å². The van der Waals surface area contributed by atoms with Crippen molar-refractivity contribution in [2.24, 2.45) is 0 Å². The Balaban J connectivity index is 3.33. The van der Waals surface area contributed by atoms with E-state index in [0.29, 0.717) is 5.69 Å². The van der Waals surface area contributed by atoms with Gasteiger partial charge in [0.15, 0.2) is 0 Å². The van der Waals surface area contributed by atoms with Crippen LogP contribution in [-0.2, 0) is 0 Å². The number of hydrogen-bond acceptors (Lipinski definition) is 4. The quantitative estimate of drug-likeness (QED) is 0.580. The zero-order chi connectivity index (χ0) is 10.0. The first-order valence-electron chi connectivity index (χ1n) is 3.52. The predicted molar refractivity (Wildman–Crippen MR) is 48.8 cm³/mol. The molecule has 0 saturated heterocycles. The number of rotatable bonds is 2. The van der Waals surface area contributed by atoms with Crippen molar-refractivity contribution in [3.63, 3.8) is 0 Å². The molecule has 0 amide bonds. The average Bonchev–Trinajstić information content (AvgIpc) is 2.08. The minimum atomic E-state index is -1.09. The van der Waals surface area contributed by atoms with Gasteiger partial charge in [-0.15, -0.1) is 0 Å². The number of ether oxygens (including phenoxy) is 1. The normalized spacial score (nSPS) is 9.62. The Morgan fingerprint density at radius 3 is 2.38 bits per heavy atom. The molecule has 0 saturated carbocycles. The zero-order valence-electron chi connectivity index (χ0n) is 7.07. The first-order valence-corrected chi connectivity index (χ1v) is 3.52. The second kappa shape index (κ2) is 3.22. The monoisotopic (exact) mass is 182 g/mol. The summed E-state index contributed by atoms with van der Waals surface area (Å²) in [5.74, 6) is -0.886. The lowest BCUT2D eigenvalue weighted by Crippen LogP contribution is -2.04. The second-order valence-corrected chi connectivity index (χ2v) is 2.49. The Hall–Kier alpha value is -1.91. The Kier molecular flexibility index (Phi) is 2.27. The smallest absolute Gasteiger partial charge is 0.339 e. The molecular weight excluding hydrogens is 172 g/mol. The third kappa shape index (κ3) is 1.64. The predicted octanol–water partition coefficient (Wildman–Crippen LogP) is 0.558. The molecule has 0 spiro atoms. The molecule has 5 N–H and O–H groups in total. The maximum absolute atomic E-state index is 10.7. The molecule has 70 valence electrons. The van der Waals surface area contributed by atoms with Crippen LogP contribution < -0.4 is 16.2 Å². The van der Waals surface area contributed by atoms with E-state index in [1.807, 2.05) is 0 Å². The number of methoxy groups -OCH3 is 1. The van der Waals surface area contributed by atoms with Gasteiger partial charge in [-0.25, -0.2) is 4.79 Å². The van der Waals surface area contributed by atoms with Crippen molar-refractivity contribution in [2.45, 2.75) is 0 Å². The summed E-state index contributed by atoms with van der Waals surface area (Å²) in [6.07, 6.45) is 0. The SMILES string of the molecule is COc1cc(N)c(N)cc1C(=O)O. The number of nitrogen functional groups attached to an aromatic ring is 2. The van der Waals surface area contributed by atoms with Crippen molar-refractivity contribution in [3.8, 4) is 5.75 Å². The summed E-state index contributed by atoms with van der Waals surface area (Å²) in [6, 6.07) is 2.66. The third-order valence-electron chi connectivity index (χ3n) is 1.64. The summed E-state index contributed by atoms with van der Waals surface area (Å²) >= 11 is 0. The maximum atomic E-state index is 10.7. The molecule has 0 aliphatic rings. The minimum absolute atomic E-state index is 0.00852. The lowest BCUT2D eigenvalue weighted by molar-refractivity contribution is 0.0693. The van der Waals surface area contributed by atoms with Crippen molar-refractivity contribution in [2.75, 3.05) is 18.6 Å². The van der Waals surface area contributed by atoms with Crippen LogP contribution in [0.4, 0.5) is 11.4 Å². The van der Waals surface area contributed by atoms with Crippen molar-refractivity contribution in [3.05, 3.63) is 17.7 Å². The van der Waals surface area contributed by atoms with Crippen LogP contribution in [0.15, 0.2) is 12.1 Å². The summed E-state index contributed by atoms with van der Waals surface area (Å²) in [4.78, 5) is 10.7. The van der Waals surface area contributed by atoms with Gasteiger partial charge in [0.1, 0.15) is 11.3 Å². The van der Waals surface area contributed by atoms with Gasteiger partial charge in [-0.1, -0.05) is 0 Å². The van der Waals surface area contributed by atoms with Gasteiger partial charge in [0.05, 0.1) is 18.5 Å². The van der Waals surface area contributed by atoms with Gasteiger partial charge in [-0.3, -0.25) is 0 Å². The van der Waals surface area contributed by atoms with Crippen LogP contribution >= 0.6 is 0 Å². The van der Waals surface area contributed by atoms with Crippen LogP contribution in [0.2, 0.25) is 0 Å².